The molecule has 5 heteroatoms. The zero-order valence-electron chi connectivity index (χ0n) is 11.0. The van der Waals surface area contributed by atoms with Gasteiger partial charge in [0.25, 0.3) is 5.91 Å². The molecule has 1 aliphatic rings. The van der Waals surface area contributed by atoms with Crippen LogP contribution in [0, 0.1) is 0 Å². The predicted octanol–water partition coefficient (Wildman–Crippen LogP) is 0.965. The lowest BCUT2D eigenvalue weighted by Gasteiger charge is -2.31. The van der Waals surface area contributed by atoms with Gasteiger partial charge in [0.15, 0.2) is 0 Å². The van der Waals surface area contributed by atoms with E-state index in [-0.39, 0.29) is 11.9 Å². The molecule has 0 bridgehead atoms. The van der Waals surface area contributed by atoms with Crippen molar-refractivity contribution in [3.63, 3.8) is 0 Å². The van der Waals surface area contributed by atoms with Gasteiger partial charge in [0.2, 0.25) is 0 Å². The number of hydrogen-bond donors (Lipinski definition) is 0. The fourth-order valence-electron chi connectivity index (χ4n) is 1.93. The summed E-state index contributed by atoms with van der Waals surface area (Å²) in [6, 6.07) is -0.447. The normalized spacial score (nSPS) is 20.5. The van der Waals surface area contributed by atoms with Crippen molar-refractivity contribution in [3.8, 4) is 0 Å². The van der Waals surface area contributed by atoms with Crippen LogP contribution < -0.4 is 0 Å². The Balaban J connectivity index is 2.76. The topological polar surface area (TPSA) is 55.8 Å². The number of amides is 1. The monoisotopic (exact) mass is 243 g/mol. The first-order chi connectivity index (χ1) is 7.94. The van der Waals surface area contributed by atoms with Crippen LogP contribution >= 0.6 is 0 Å². The zero-order chi connectivity index (χ0) is 13.1. The highest BCUT2D eigenvalue weighted by Crippen LogP contribution is 2.23. The summed E-state index contributed by atoms with van der Waals surface area (Å²) in [5, 5.41) is 0. The van der Waals surface area contributed by atoms with Crippen LogP contribution in [0.3, 0.4) is 0 Å². The quantitative estimate of drug-likeness (QED) is 0.690. The van der Waals surface area contributed by atoms with E-state index in [0.717, 1.165) is 6.42 Å². The molecule has 1 saturated heterocycles. The maximum absolute atomic E-state index is 12.2. The van der Waals surface area contributed by atoms with Crippen molar-refractivity contribution >= 4 is 11.9 Å². The molecule has 1 unspecified atom stereocenters. The summed E-state index contributed by atoms with van der Waals surface area (Å²) < 4.78 is 10.1. The summed E-state index contributed by atoms with van der Waals surface area (Å²) in [5.74, 6) is -0.471. The second-order valence-electron chi connectivity index (χ2n) is 4.62. The van der Waals surface area contributed by atoms with Crippen molar-refractivity contribution in [1.82, 2.24) is 4.90 Å². The SMILES string of the molecule is CCOC(=O)C1CCCN1C(=O)C(C)(C)OC. The molecular formula is C12H21NO4. The standard InChI is InChI=1S/C12H21NO4/c1-5-17-10(14)9-7-6-8-13(9)11(15)12(2,3)16-4/h9H,5-8H2,1-4H3. The van der Waals surface area contributed by atoms with Crippen LogP contribution in [0.5, 0.6) is 0 Å². The molecule has 0 radical (unpaired) electrons. The number of hydrogen-bond acceptors (Lipinski definition) is 4. The lowest BCUT2D eigenvalue weighted by Crippen LogP contribution is -2.50. The minimum absolute atomic E-state index is 0.157. The number of carbonyl (C=O) groups excluding carboxylic acids is 2. The first-order valence-corrected chi connectivity index (χ1v) is 5.97. The molecule has 5 nitrogen and oxygen atoms in total. The fraction of sp³-hybridized carbons (Fsp3) is 0.833. The molecule has 0 aromatic heterocycles. The Morgan fingerprint density at radius 3 is 2.59 bits per heavy atom. The average molecular weight is 243 g/mol. The van der Waals surface area contributed by atoms with Gasteiger partial charge in [0.05, 0.1) is 6.61 Å². The number of carbonyl (C=O) groups is 2. The third-order valence-electron chi connectivity index (χ3n) is 3.10. The van der Waals surface area contributed by atoms with E-state index in [1.165, 1.54) is 7.11 Å². The molecular weight excluding hydrogens is 222 g/mol. The van der Waals surface area contributed by atoms with E-state index in [2.05, 4.69) is 0 Å². The van der Waals surface area contributed by atoms with Gasteiger partial charge in [-0.3, -0.25) is 4.79 Å². The van der Waals surface area contributed by atoms with Crippen LogP contribution in [-0.4, -0.2) is 48.7 Å². The van der Waals surface area contributed by atoms with Crippen molar-refractivity contribution in [2.75, 3.05) is 20.3 Å². The van der Waals surface area contributed by atoms with Crippen LogP contribution in [-0.2, 0) is 19.1 Å². The molecule has 0 N–H and O–H groups in total. The Kier molecular flexibility index (Phi) is 4.51. The second-order valence-corrected chi connectivity index (χ2v) is 4.62. The van der Waals surface area contributed by atoms with Crippen molar-refractivity contribution in [2.45, 2.75) is 45.3 Å². The van der Waals surface area contributed by atoms with Gasteiger partial charge >= 0.3 is 5.97 Å². The van der Waals surface area contributed by atoms with Gasteiger partial charge < -0.3 is 14.4 Å². The highest BCUT2D eigenvalue weighted by atomic mass is 16.5. The largest absolute Gasteiger partial charge is 0.464 e. The Labute approximate surface area is 102 Å². The third-order valence-corrected chi connectivity index (χ3v) is 3.10. The Morgan fingerprint density at radius 2 is 2.06 bits per heavy atom. The van der Waals surface area contributed by atoms with Crippen LogP contribution in [0.15, 0.2) is 0 Å². The number of likely N-dealkylation sites (tertiary alicyclic amines) is 1. The lowest BCUT2D eigenvalue weighted by molar-refractivity contribution is -0.161. The van der Waals surface area contributed by atoms with E-state index >= 15 is 0 Å². The van der Waals surface area contributed by atoms with Gasteiger partial charge in [0.1, 0.15) is 11.6 Å². The highest BCUT2D eigenvalue weighted by Gasteiger charge is 2.41. The van der Waals surface area contributed by atoms with E-state index in [9.17, 15) is 9.59 Å². The second kappa shape index (κ2) is 5.49. The zero-order valence-corrected chi connectivity index (χ0v) is 11.0. The van der Waals surface area contributed by atoms with Gasteiger partial charge in [-0.2, -0.15) is 0 Å². The minimum atomic E-state index is -0.894. The van der Waals surface area contributed by atoms with Crippen molar-refractivity contribution in [3.05, 3.63) is 0 Å². The molecule has 1 aliphatic heterocycles. The molecule has 1 rings (SSSR count). The number of ether oxygens (including phenoxy) is 2. The minimum Gasteiger partial charge on any atom is -0.464 e. The molecule has 1 fully saturated rings. The van der Waals surface area contributed by atoms with E-state index in [1.54, 1.807) is 25.7 Å². The number of nitrogens with zero attached hydrogens (tertiary/aromatic N) is 1. The van der Waals surface area contributed by atoms with Crippen molar-refractivity contribution in [1.29, 1.82) is 0 Å². The third kappa shape index (κ3) is 2.97. The van der Waals surface area contributed by atoms with Crippen molar-refractivity contribution in [2.24, 2.45) is 0 Å². The first-order valence-electron chi connectivity index (χ1n) is 5.97. The molecule has 0 aromatic rings. The molecule has 0 aromatic carbocycles. The van der Waals surface area contributed by atoms with E-state index in [0.29, 0.717) is 19.6 Å². The molecule has 0 saturated carbocycles. The van der Waals surface area contributed by atoms with Crippen LogP contribution in [0.2, 0.25) is 0 Å². The van der Waals surface area contributed by atoms with E-state index < -0.39 is 11.6 Å². The van der Waals surface area contributed by atoms with Gasteiger partial charge in [-0.15, -0.1) is 0 Å². The number of methoxy groups -OCH3 is 1. The lowest BCUT2D eigenvalue weighted by atomic mass is 10.1. The Morgan fingerprint density at radius 1 is 1.41 bits per heavy atom. The summed E-state index contributed by atoms with van der Waals surface area (Å²) in [7, 11) is 1.49. The number of esters is 1. The summed E-state index contributed by atoms with van der Waals surface area (Å²) in [4.78, 5) is 25.5. The van der Waals surface area contributed by atoms with Gasteiger partial charge in [-0.05, 0) is 33.6 Å². The highest BCUT2D eigenvalue weighted by molar-refractivity contribution is 5.89. The smallest absolute Gasteiger partial charge is 0.328 e. The molecule has 1 heterocycles. The molecule has 0 aliphatic carbocycles. The first kappa shape index (κ1) is 14.0. The molecule has 98 valence electrons. The van der Waals surface area contributed by atoms with Crippen LogP contribution in [0.1, 0.15) is 33.6 Å². The predicted molar refractivity (Wildman–Crippen MR) is 62.5 cm³/mol. The molecule has 17 heavy (non-hydrogen) atoms. The summed E-state index contributed by atoms with van der Waals surface area (Å²) >= 11 is 0. The average Bonchev–Trinajstić information content (AvgIpc) is 2.77. The van der Waals surface area contributed by atoms with Gasteiger partial charge in [0, 0.05) is 13.7 Å². The molecule has 0 spiro atoms. The summed E-state index contributed by atoms with van der Waals surface area (Å²) in [6.45, 7) is 6.10. The maximum atomic E-state index is 12.2. The fourth-order valence-corrected chi connectivity index (χ4v) is 1.93. The van der Waals surface area contributed by atoms with E-state index in [4.69, 9.17) is 9.47 Å². The van der Waals surface area contributed by atoms with Gasteiger partial charge in [-0.25, -0.2) is 4.79 Å². The summed E-state index contributed by atoms with van der Waals surface area (Å²) in [5.41, 5.74) is -0.894. The molecule has 1 amide bonds. The Hall–Kier alpha value is -1.10. The summed E-state index contributed by atoms with van der Waals surface area (Å²) in [6.07, 6.45) is 1.50. The number of rotatable bonds is 4. The van der Waals surface area contributed by atoms with Crippen LogP contribution in [0.25, 0.3) is 0 Å². The van der Waals surface area contributed by atoms with Crippen molar-refractivity contribution < 1.29 is 19.1 Å². The maximum Gasteiger partial charge on any atom is 0.328 e. The Bertz CT molecular complexity index is 301. The molecule has 1 atom stereocenters. The van der Waals surface area contributed by atoms with Crippen LogP contribution in [0.4, 0.5) is 0 Å². The van der Waals surface area contributed by atoms with E-state index in [1.807, 2.05) is 0 Å². The van der Waals surface area contributed by atoms with Gasteiger partial charge in [-0.1, -0.05) is 0 Å².